The molecule has 1 N–H and O–H groups in total. The van der Waals surface area contributed by atoms with Crippen LogP contribution in [0.3, 0.4) is 0 Å². The van der Waals surface area contributed by atoms with E-state index in [-0.39, 0.29) is 11.8 Å². The third kappa shape index (κ3) is 2.53. The number of carboxylic acids is 1. The van der Waals surface area contributed by atoms with Crippen LogP contribution in [0.4, 0.5) is 0 Å². The smallest absolute Gasteiger partial charge is 0.307 e. The van der Waals surface area contributed by atoms with Crippen molar-refractivity contribution in [2.75, 3.05) is 13.1 Å². The number of carboxylic acid groups (broad SMARTS) is 1. The minimum Gasteiger partial charge on any atom is -0.481 e. The van der Waals surface area contributed by atoms with Gasteiger partial charge in [0.15, 0.2) is 0 Å². The van der Waals surface area contributed by atoms with Crippen molar-refractivity contribution in [3.05, 3.63) is 35.9 Å². The Morgan fingerprint density at radius 2 is 1.94 bits per heavy atom. The van der Waals surface area contributed by atoms with Crippen LogP contribution in [0.25, 0.3) is 0 Å². The number of benzene rings is 1. The summed E-state index contributed by atoms with van der Waals surface area (Å²) in [6, 6.07) is 9.58. The first-order valence-corrected chi connectivity index (χ1v) is 6.13. The summed E-state index contributed by atoms with van der Waals surface area (Å²) in [5.74, 6) is -1.27. The summed E-state index contributed by atoms with van der Waals surface area (Å²) < 4.78 is 0. The lowest BCUT2D eigenvalue weighted by atomic mass is 9.81. The Balaban J connectivity index is 2.25. The molecule has 1 amide bonds. The van der Waals surface area contributed by atoms with Crippen LogP contribution in [0.2, 0.25) is 0 Å². The molecule has 0 aliphatic carbocycles. The second kappa shape index (κ2) is 5.21. The molecule has 1 saturated heterocycles. The molecular weight excluding hydrogens is 230 g/mol. The highest BCUT2D eigenvalue weighted by Gasteiger charge is 2.35. The van der Waals surface area contributed by atoms with Crippen molar-refractivity contribution < 1.29 is 14.7 Å². The van der Waals surface area contributed by atoms with Gasteiger partial charge in [0.25, 0.3) is 0 Å². The van der Waals surface area contributed by atoms with Crippen LogP contribution >= 0.6 is 0 Å². The van der Waals surface area contributed by atoms with Gasteiger partial charge in [0.2, 0.25) is 5.91 Å². The molecule has 1 heterocycles. The first-order valence-electron chi connectivity index (χ1n) is 6.13. The van der Waals surface area contributed by atoms with Gasteiger partial charge in [-0.15, -0.1) is 0 Å². The summed E-state index contributed by atoms with van der Waals surface area (Å²) in [5.41, 5.74) is 0.996. The molecule has 4 nitrogen and oxygen atoms in total. The number of hydrogen-bond acceptors (Lipinski definition) is 2. The van der Waals surface area contributed by atoms with Gasteiger partial charge in [-0.2, -0.15) is 0 Å². The normalized spacial score (nSPS) is 23.7. The van der Waals surface area contributed by atoms with E-state index in [2.05, 4.69) is 0 Å². The van der Waals surface area contributed by atoms with Crippen molar-refractivity contribution in [2.45, 2.75) is 19.3 Å². The van der Waals surface area contributed by atoms with E-state index < -0.39 is 11.9 Å². The van der Waals surface area contributed by atoms with Gasteiger partial charge < -0.3 is 10.0 Å². The zero-order valence-electron chi connectivity index (χ0n) is 10.4. The van der Waals surface area contributed by atoms with Crippen molar-refractivity contribution in [2.24, 2.45) is 5.92 Å². The molecule has 2 rings (SSSR count). The van der Waals surface area contributed by atoms with Crippen LogP contribution in [0.1, 0.15) is 24.8 Å². The summed E-state index contributed by atoms with van der Waals surface area (Å²) in [6.07, 6.45) is 0.522. The number of hydrogen-bond donors (Lipinski definition) is 1. The van der Waals surface area contributed by atoms with Crippen LogP contribution < -0.4 is 0 Å². The standard InChI is InChI=1S/C14H17NO3/c1-10(16)15-8-7-12(14(17)18)13(9-15)11-5-3-2-4-6-11/h2-6,12-13H,7-9H2,1H3,(H,17,18). The van der Waals surface area contributed by atoms with E-state index in [0.717, 1.165) is 5.56 Å². The number of nitrogens with zero attached hydrogens (tertiary/aromatic N) is 1. The zero-order valence-corrected chi connectivity index (χ0v) is 10.4. The van der Waals surface area contributed by atoms with Crippen LogP contribution in [-0.4, -0.2) is 35.0 Å². The molecular formula is C14H17NO3. The second-order valence-corrected chi connectivity index (χ2v) is 4.72. The number of aliphatic carboxylic acids is 1. The lowest BCUT2D eigenvalue weighted by Gasteiger charge is -2.36. The monoisotopic (exact) mass is 247 g/mol. The fourth-order valence-corrected chi connectivity index (χ4v) is 2.57. The molecule has 0 radical (unpaired) electrons. The number of piperidine rings is 1. The lowest BCUT2D eigenvalue weighted by molar-refractivity contribution is -0.146. The highest BCUT2D eigenvalue weighted by atomic mass is 16.4. The number of carbonyl (C=O) groups is 2. The van der Waals surface area contributed by atoms with Gasteiger partial charge in [-0.25, -0.2) is 0 Å². The third-order valence-electron chi connectivity index (χ3n) is 3.60. The Kier molecular flexibility index (Phi) is 3.65. The summed E-state index contributed by atoms with van der Waals surface area (Å²) in [6.45, 7) is 2.56. The van der Waals surface area contributed by atoms with Gasteiger partial charge in [0.05, 0.1) is 5.92 Å². The van der Waals surface area contributed by atoms with E-state index in [1.54, 1.807) is 4.90 Å². The molecule has 2 unspecified atom stereocenters. The molecule has 96 valence electrons. The van der Waals surface area contributed by atoms with E-state index in [1.165, 1.54) is 6.92 Å². The average molecular weight is 247 g/mol. The maximum Gasteiger partial charge on any atom is 0.307 e. The number of likely N-dealkylation sites (tertiary alicyclic amines) is 1. The van der Waals surface area contributed by atoms with E-state index in [0.29, 0.717) is 19.5 Å². The number of carbonyl (C=O) groups excluding carboxylic acids is 1. The number of amides is 1. The van der Waals surface area contributed by atoms with Gasteiger partial charge in [0, 0.05) is 25.9 Å². The number of rotatable bonds is 2. The maximum absolute atomic E-state index is 11.4. The Hall–Kier alpha value is -1.84. The van der Waals surface area contributed by atoms with E-state index in [4.69, 9.17) is 0 Å². The lowest BCUT2D eigenvalue weighted by Crippen LogP contribution is -2.44. The van der Waals surface area contributed by atoms with Crippen molar-refractivity contribution in [3.8, 4) is 0 Å². The molecule has 1 aliphatic rings. The minimum absolute atomic E-state index is 0.0137. The minimum atomic E-state index is -0.771. The molecule has 0 saturated carbocycles. The summed E-state index contributed by atoms with van der Waals surface area (Å²) in [5, 5.41) is 9.29. The predicted molar refractivity (Wildman–Crippen MR) is 67.2 cm³/mol. The first kappa shape index (κ1) is 12.6. The SMILES string of the molecule is CC(=O)N1CCC(C(=O)O)C(c2ccccc2)C1. The van der Waals surface area contributed by atoms with E-state index >= 15 is 0 Å². The molecule has 1 aliphatic heterocycles. The summed E-state index contributed by atoms with van der Waals surface area (Å²) >= 11 is 0. The molecule has 1 aromatic rings. The molecule has 18 heavy (non-hydrogen) atoms. The van der Waals surface area contributed by atoms with Gasteiger partial charge in [-0.3, -0.25) is 9.59 Å². The topological polar surface area (TPSA) is 57.6 Å². The Morgan fingerprint density at radius 1 is 1.28 bits per heavy atom. The molecule has 0 aromatic heterocycles. The van der Waals surface area contributed by atoms with Gasteiger partial charge >= 0.3 is 5.97 Å². The first-order chi connectivity index (χ1) is 8.59. The molecule has 0 bridgehead atoms. The molecule has 1 fully saturated rings. The fourth-order valence-electron chi connectivity index (χ4n) is 2.57. The van der Waals surface area contributed by atoms with Crippen LogP contribution in [0, 0.1) is 5.92 Å². The second-order valence-electron chi connectivity index (χ2n) is 4.72. The average Bonchev–Trinajstić information content (AvgIpc) is 2.39. The van der Waals surface area contributed by atoms with Crippen LogP contribution in [-0.2, 0) is 9.59 Å². The highest BCUT2D eigenvalue weighted by molar-refractivity contribution is 5.75. The zero-order chi connectivity index (χ0) is 13.1. The Bertz CT molecular complexity index is 444. The summed E-state index contributed by atoms with van der Waals surface area (Å²) in [7, 11) is 0. The van der Waals surface area contributed by atoms with Gasteiger partial charge in [0.1, 0.15) is 0 Å². The molecule has 0 spiro atoms. The largest absolute Gasteiger partial charge is 0.481 e. The molecule has 2 atom stereocenters. The molecule has 4 heteroatoms. The maximum atomic E-state index is 11.4. The quantitative estimate of drug-likeness (QED) is 0.865. The van der Waals surface area contributed by atoms with Crippen molar-refractivity contribution in [1.82, 2.24) is 4.90 Å². The van der Waals surface area contributed by atoms with Crippen LogP contribution in [0.15, 0.2) is 30.3 Å². The predicted octanol–water partition coefficient (Wildman–Crippen LogP) is 1.72. The van der Waals surface area contributed by atoms with Crippen molar-refractivity contribution in [3.63, 3.8) is 0 Å². The highest BCUT2D eigenvalue weighted by Crippen LogP contribution is 2.32. The van der Waals surface area contributed by atoms with Crippen molar-refractivity contribution in [1.29, 1.82) is 0 Å². The van der Waals surface area contributed by atoms with Gasteiger partial charge in [-0.1, -0.05) is 30.3 Å². The van der Waals surface area contributed by atoms with Crippen LogP contribution in [0.5, 0.6) is 0 Å². The van der Waals surface area contributed by atoms with E-state index in [9.17, 15) is 14.7 Å². The van der Waals surface area contributed by atoms with Crippen molar-refractivity contribution >= 4 is 11.9 Å². The van der Waals surface area contributed by atoms with Gasteiger partial charge in [-0.05, 0) is 12.0 Å². The summed E-state index contributed by atoms with van der Waals surface area (Å²) in [4.78, 5) is 24.5. The third-order valence-corrected chi connectivity index (χ3v) is 3.60. The fraction of sp³-hybridized carbons (Fsp3) is 0.429. The Labute approximate surface area is 106 Å². The van der Waals surface area contributed by atoms with E-state index in [1.807, 2.05) is 30.3 Å². The molecule has 1 aromatic carbocycles. The Morgan fingerprint density at radius 3 is 2.50 bits per heavy atom.